The zero-order valence-corrected chi connectivity index (χ0v) is 8.91. The molecule has 1 aromatic rings. The summed E-state index contributed by atoms with van der Waals surface area (Å²) in [7, 11) is 1.35. The molecule has 0 radical (unpaired) electrons. The van der Waals surface area contributed by atoms with Crippen molar-refractivity contribution in [2.24, 2.45) is 0 Å². The van der Waals surface area contributed by atoms with Crippen LogP contribution in [-0.4, -0.2) is 23.0 Å². The van der Waals surface area contributed by atoms with Crippen molar-refractivity contribution in [3.8, 4) is 0 Å². The molecule has 2 rings (SSSR count). The van der Waals surface area contributed by atoms with Crippen LogP contribution < -0.4 is 5.73 Å². The number of hydrogen-bond donors (Lipinski definition) is 1. The summed E-state index contributed by atoms with van der Waals surface area (Å²) >= 11 is 5.93. The normalized spacial score (nSPS) is 18.7. The van der Waals surface area contributed by atoms with E-state index in [-0.39, 0.29) is 23.0 Å². The van der Waals surface area contributed by atoms with Crippen LogP contribution in [0.25, 0.3) is 0 Å². The minimum atomic E-state index is -0.349. The predicted molar refractivity (Wildman–Crippen MR) is 54.5 cm³/mol. The highest BCUT2D eigenvalue weighted by molar-refractivity contribution is 6.30. The molecule has 0 saturated carbocycles. The summed E-state index contributed by atoms with van der Waals surface area (Å²) < 4.78 is 4.69. The third-order valence-electron chi connectivity index (χ3n) is 2.50. The van der Waals surface area contributed by atoms with Crippen molar-refractivity contribution in [1.82, 2.24) is 9.97 Å². The summed E-state index contributed by atoms with van der Waals surface area (Å²) in [6, 6.07) is 0. The Labute approximate surface area is 91.6 Å². The third kappa shape index (κ3) is 1.63. The number of nitrogens with two attached hydrogens (primary N) is 1. The van der Waals surface area contributed by atoms with Crippen LogP contribution >= 0.6 is 11.6 Å². The topological polar surface area (TPSA) is 78.1 Å². The first-order chi connectivity index (χ1) is 7.13. The van der Waals surface area contributed by atoms with Gasteiger partial charge in [0.25, 0.3) is 0 Å². The van der Waals surface area contributed by atoms with Crippen LogP contribution in [-0.2, 0) is 16.0 Å². The first kappa shape index (κ1) is 10.2. The maximum Gasteiger partial charge on any atom is 0.313 e. The summed E-state index contributed by atoms with van der Waals surface area (Å²) in [6.07, 6.45) is 1.33. The van der Waals surface area contributed by atoms with Gasteiger partial charge < -0.3 is 10.5 Å². The molecule has 0 fully saturated rings. The number of carbonyl (C=O) groups excluding carboxylic acids is 1. The van der Waals surface area contributed by atoms with E-state index >= 15 is 0 Å². The molecule has 1 aromatic heterocycles. The number of halogens is 1. The van der Waals surface area contributed by atoms with Gasteiger partial charge in [0.1, 0.15) is 5.15 Å². The first-order valence-electron chi connectivity index (χ1n) is 4.53. The van der Waals surface area contributed by atoms with E-state index in [0.29, 0.717) is 18.4 Å². The molecule has 0 bridgehead atoms. The van der Waals surface area contributed by atoms with Gasteiger partial charge in [-0.1, -0.05) is 11.6 Å². The Morgan fingerprint density at radius 3 is 3.00 bits per heavy atom. The molecule has 0 saturated heterocycles. The summed E-state index contributed by atoms with van der Waals surface area (Å²) in [5.41, 5.74) is 6.88. The van der Waals surface area contributed by atoms with Crippen LogP contribution in [0.4, 0.5) is 5.95 Å². The van der Waals surface area contributed by atoms with Crippen molar-refractivity contribution in [3.05, 3.63) is 16.4 Å². The zero-order valence-electron chi connectivity index (χ0n) is 8.16. The molecule has 5 nitrogen and oxygen atoms in total. The minimum Gasteiger partial charge on any atom is -0.469 e. The molecule has 15 heavy (non-hydrogen) atoms. The number of esters is 1. The molecule has 0 spiro atoms. The number of methoxy groups -OCH3 is 1. The van der Waals surface area contributed by atoms with Crippen molar-refractivity contribution in [2.75, 3.05) is 12.8 Å². The van der Waals surface area contributed by atoms with Gasteiger partial charge in [-0.2, -0.15) is 0 Å². The molecule has 1 aliphatic rings. The lowest BCUT2D eigenvalue weighted by molar-refractivity contribution is -0.142. The Balaban J connectivity index is 2.46. The zero-order chi connectivity index (χ0) is 11.0. The molecule has 1 unspecified atom stereocenters. The first-order valence-corrected chi connectivity index (χ1v) is 4.91. The van der Waals surface area contributed by atoms with Gasteiger partial charge >= 0.3 is 5.97 Å². The van der Waals surface area contributed by atoms with E-state index in [1.165, 1.54) is 7.11 Å². The van der Waals surface area contributed by atoms with E-state index in [1.54, 1.807) is 0 Å². The molecular formula is C9H10ClN3O2. The lowest BCUT2D eigenvalue weighted by Crippen LogP contribution is -2.12. The molecule has 1 aliphatic carbocycles. The molecule has 0 aliphatic heterocycles. The van der Waals surface area contributed by atoms with E-state index in [1.807, 2.05) is 0 Å². The maximum atomic E-state index is 11.4. The smallest absolute Gasteiger partial charge is 0.313 e. The molecule has 80 valence electrons. The molecule has 6 heteroatoms. The third-order valence-corrected chi connectivity index (χ3v) is 2.79. The van der Waals surface area contributed by atoms with Gasteiger partial charge in [0.2, 0.25) is 5.95 Å². The number of rotatable bonds is 1. The number of carbonyl (C=O) groups is 1. The molecule has 0 aromatic carbocycles. The molecule has 2 N–H and O–H groups in total. The second-order valence-corrected chi connectivity index (χ2v) is 3.71. The Hall–Kier alpha value is -1.36. The fraction of sp³-hybridized carbons (Fsp3) is 0.444. The lowest BCUT2D eigenvalue weighted by atomic mass is 10.1. The van der Waals surface area contributed by atoms with Gasteiger partial charge in [0.15, 0.2) is 0 Å². The number of fused-ring (bicyclic) bond motifs is 1. The number of anilines is 1. The van der Waals surface area contributed by atoms with Crippen molar-refractivity contribution >= 4 is 23.5 Å². The van der Waals surface area contributed by atoms with Gasteiger partial charge in [-0.15, -0.1) is 0 Å². The minimum absolute atomic E-state index is 0.143. The highest BCUT2D eigenvalue weighted by atomic mass is 35.5. The SMILES string of the molecule is COC(=O)C1CCc2nc(N)nc(Cl)c21. The van der Waals surface area contributed by atoms with Gasteiger partial charge in [-0.05, 0) is 12.8 Å². The van der Waals surface area contributed by atoms with E-state index < -0.39 is 0 Å². The Kier molecular flexibility index (Phi) is 2.48. The van der Waals surface area contributed by atoms with Gasteiger partial charge in [0, 0.05) is 5.56 Å². The van der Waals surface area contributed by atoms with Crippen molar-refractivity contribution in [3.63, 3.8) is 0 Å². The Morgan fingerprint density at radius 2 is 2.33 bits per heavy atom. The average molecular weight is 228 g/mol. The molecule has 1 atom stereocenters. The summed E-state index contributed by atoms with van der Waals surface area (Å²) in [4.78, 5) is 19.3. The number of nitrogens with zero attached hydrogens (tertiary/aromatic N) is 2. The summed E-state index contributed by atoms with van der Waals surface area (Å²) in [5.74, 6) is -0.508. The second-order valence-electron chi connectivity index (χ2n) is 3.35. The van der Waals surface area contributed by atoms with Crippen LogP contribution in [0.5, 0.6) is 0 Å². The summed E-state index contributed by atoms with van der Waals surface area (Å²) in [6.45, 7) is 0. The van der Waals surface area contributed by atoms with E-state index in [9.17, 15) is 4.79 Å². The fourth-order valence-corrected chi connectivity index (χ4v) is 2.17. The van der Waals surface area contributed by atoms with Crippen LogP contribution in [0, 0.1) is 0 Å². The Bertz CT molecular complexity index is 422. The largest absolute Gasteiger partial charge is 0.469 e. The number of ether oxygens (including phenoxy) is 1. The van der Waals surface area contributed by atoms with Crippen LogP contribution in [0.1, 0.15) is 23.6 Å². The van der Waals surface area contributed by atoms with Crippen LogP contribution in [0.3, 0.4) is 0 Å². The van der Waals surface area contributed by atoms with E-state index in [2.05, 4.69) is 9.97 Å². The fourth-order valence-electron chi connectivity index (χ4n) is 1.84. The average Bonchev–Trinajstić information content (AvgIpc) is 2.60. The van der Waals surface area contributed by atoms with Gasteiger partial charge in [-0.25, -0.2) is 9.97 Å². The van der Waals surface area contributed by atoms with Crippen molar-refractivity contribution < 1.29 is 9.53 Å². The number of aryl methyl sites for hydroxylation is 1. The van der Waals surface area contributed by atoms with Crippen molar-refractivity contribution in [2.45, 2.75) is 18.8 Å². The predicted octanol–water partition coefficient (Wildman–Crippen LogP) is 0.915. The number of nitrogen functional groups attached to an aromatic ring is 1. The number of aromatic nitrogens is 2. The summed E-state index contributed by atoms with van der Waals surface area (Å²) in [5, 5.41) is 0.255. The van der Waals surface area contributed by atoms with Crippen LogP contribution in [0.15, 0.2) is 0 Å². The highest BCUT2D eigenvalue weighted by Crippen LogP contribution is 2.37. The second kappa shape index (κ2) is 3.66. The van der Waals surface area contributed by atoms with E-state index in [4.69, 9.17) is 22.1 Å². The van der Waals surface area contributed by atoms with Crippen molar-refractivity contribution in [1.29, 1.82) is 0 Å². The number of hydrogen-bond acceptors (Lipinski definition) is 5. The van der Waals surface area contributed by atoms with Crippen LogP contribution in [0.2, 0.25) is 5.15 Å². The lowest BCUT2D eigenvalue weighted by Gasteiger charge is -2.09. The Morgan fingerprint density at radius 1 is 1.60 bits per heavy atom. The molecular weight excluding hydrogens is 218 g/mol. The molecule has 1 heterocycles. The monoisotopic (exact) mass is 227 g/mol. The van der Waals surface area contributed by atoms with Gasteiger partial charge in [0.05, 0.1) is 18.7 Å². The standard InChI is InChI=1S/C9H10ClN3O2/c1-15-8(14)4-2-3-5-6(4)7(10)13-9(11)12-5/h4H,2-3H2,1H3,(H2,11,12,13). The molecule has 0 amide bonds. The van der Waals surface area contributed by atoms with E-state index in [0.717, 1.165) is 5.69 Å². The van der Waals surface area contributed by atoms with Gasteiger partial charge in [-0.3, -0.25) is 4.79 Å². The maximum absolute atomic E-state index is 11.4. The highest BCUT2D eigenvalue weighted by Gasteiger charge is 2.33. The quantitative estimate of drug-likeness (QED) is 0.570.